The zero-order valence-corrected chi connectivity index (χ0v) is 22.4. The van der Waals surface area contributed by atoms with E-state index in [1.165, 1.54) is 16.7 Å². The Hall–Kier alpha value is -2.61. The molecule has 4 nitrogen and oxygen atoms in total. The third-order valence-electron chi connectivity index (χ3n) is 6.38. The van der Waals surface area contributed by atoms with E-state index in [1.807, 2.05) is 54.6 Å². The van der Waals surface area contributed by atoms with Gasteiger partial charge in [-0.3, -0.25) is 0 Å². The van der Waals surface area contributed by atoms with E-state index in [9.17, 15) is 19.8 Å². The predicted molar refractivity (Wildman–Crippen MR) is 153 cm³/mol. The average molecular weight is 539 g/mol. The van der Waals surface area contributed by atoms with Gasteiger partial charge in [-0.1, -0.05) is 91.0 Å². The number of hydrogen-bond acceptors (Lipinski definition) is 5. The van der Waals surface area contributed by atoms with Gasteiger partial charge in [0.25, 0.3) is 5.37 Å². The fraction of sp³-hybridized carbons (Fsp3) is 0.276. The van der Waals surface area contributed by atoms with Gasteiger partial charge < -0.3 is 15.0 Å². The molecule has 1 atom stereocenters. The molecule has 0 fully saturated rings. The first-order valence-corrected chi connectivity index (χ1v) is 13.6. The fourth-order valence-electron chi connectivity index (χ4n) is 4.59. The van der Waals surface area contributed by atoms with E-state index in [1.54, 1.807) is 0 Å². The minimum Gasteiger partial charge on any atom is -0.548 e. The van der Waals surface area contributed by atoms with Crippen molar-refractivity contribution in [1.82, 2.24) is 0 Å². The second kappa shape index (κ2) is 13.1. The van der Waals surface area contributed by atoms with Crippen LogP contribution in [0.25, 0.3) is 0 Å². The van der Waals surface area contributed by atoms with Crippen LogP contribution in [-0.2, 0) is 26.4 Å². The normalized spacial score (nSPS) is 12.9. The van der Waals surface area contributed by atoms with Gasteiger partial charge in [0, 0.05) is 18.3 Å². The van der Waals surface area contributed by atoms with E-state index in [2.05, 4.69) is 61.7 Å². The first-order valence-electron chi connectivity index (χ1n) is 11.8. The quantitative estimate of drug-likeness (QED) is 0.0976. The summed E-state index contributed by atoms with van der Waals surface area (Å²) in [4.78, 5) is 22.6. The maximum absolute atomic E-state index is 11.3. The van der Waals surface area contributed by atoms with Crippen molar-refractivity contribution in [3.63, 3.8) is 0 Å². The molecule has 0 bridgehead atoms. The molecule has 3 aromatic rings. The molecular formula is C29H30O4S3. The molecule has 0 saturated carbocycles. The lowest BCUT2D eigenvalue weighted by Crippen LogP contribution is -2.40. The van der Waals surface area contributed by atoms with Crippen molar-refractivity contribution < 1.29 is 19.8 Å². The van der Waals surface area contributed by atoms with Gasteiger partial charge in [-0.05, 0) is 36.0 Å². The monoisotopic (exact) mass is 538 g/mol. The van der Waals surface area contributed by atoms with E-state index < -0.39 is 21.4 Å². The molecule has 1 unspecified atom stereocenters. The average Bonchev–Trinajstić information content (AvgIpc) is 2.89. The van der Waals surface area contributed by atoms with E-state index >= 15 is 0 Å². The zero-order valence-electron chi connectivity index (χ0n) is 19.8. The first-order chi connectivity index (χ1) is 17.3. The molecule has 188 valence electrons. The Bertz CT molecular complexity index is 1050. The molecule has 3 rings (SSSR count). The Labute approximate surface area is 227 Å². The summed E-state index contributed by atoms with van der Waals surface area (Å²) in [6.45, 7) is 0. The van der Waals surface area contributed by atoms with Crippen LogP contribution < -0.4 is 5.11 Å². The Morgan fingerprint density at radius 2 is 1.25 bits per heavy atom. The number of rotatable bonds is 13. The Kier molecular flexibility index (Phi) is 10.2. The van der Waals surface area contributed by atoms with Gasteiger partial charge in [-0.2, -0.15) is 25.3 Å². The molecule has 0 heterocycles. The number of carboxylic acids is 2. The fourth-order valence-corrected chi connectivity index (χ4v) is 5.77. The Morgan fingerprint density at radius 3 is 1.64 bits per heavy atom. The van der Waals surface area contributed by atoms with Gasteiger partial charge in [0.2, 0.25) is 0 Å². The van der Waals surface area contributed by atoms with Crippen molar-refractivity contribution in [3.8, 4) is 0 Å². The van der Waals surface area contributed by atoms with Crippen LogP contribution in [0, 0.1) is 0 Å². The third-order valence-corrected chi connectivity index (χ3v) is 8.39. The number of carboxylic acid groups (broad SMARTS) is 2. The molecule has 0 aliphatic carbocycles. The lowest BCUT2D eigenvalue weighted by molar-refractivity contribution is -0.306. The summed E-state index contributed by atoms with van der Waals surface area (Å²) in [6.07, 6.45) is 2.82. The van der Waals surface area contributed by atoms with Crippen molar-refractivity contribution in [2.24, 2.45) is 0 Å². The number of carbonyl (C=O) groups excluding carboxylic acids is 1. The lowest BCUT2D eigenvalue weighted by Gasteiger charge is -2.36. The van der Waals surface area contributed by atoms with Gasteiger partial charge >= 0.3 is 5.97 Å². The highest BCUT2D eigenvalue weighted by molar-refractivity contribution is 8.01. The highest BCUT2D eigenvalue weighted by atomic mass is 32.2. The summed E-state index contributed by atoms with van der Waals surface area (Å²) >= 11 is 9.48. The van der Waals surface area contributed by atoms with Gasteiger partial charge in [-0.25, -0.2) is 4.79 Å². The van der Waals surface area contributed by atoms with Crippen LogP contribution in [0.2, 0.25) is 0 Å². The molecule has 7 heteroatoms. The van der Waals surface area contributed by atoms with Crippen molar-refractivity contribution in [2.75, 3.05) is 0 Å². The number of thiol groups is 2. The van der Waals surface area contributed by atoms with Crippen LogP contribution in [-0.4, -0.2) is 31.7 Å². The number of carbonyl (C=O) groups is 2. The smallest absolute Gasteiger partial charge is 0.386 e. The molecule has 36 heavy (non-hydrogen) atoms. The third kappa shape index (κ3) is 7.21. The Morgan fingerprint density at radius 1 is 0.806 bits per heavy atom. The maximum atomic E-state index is 11.3. The predicted octanol–water partition coefficient (Wildman–Crippen LogP) is 4.62. The van der Waals surface area contributed by atoms with Crippen molar-refractivity contribution in [2.45, 2.75) is 46.8 Å². The zero-order chi connectivity index (χ0) is 26.0. The Balaban J connectivity index is 1.98. The van der Waals surface area contributed by atoms with Crippen LogP contribution in [0.1, 0.15) is 48.8 Å². The summed E-state index contributed by atoms with van der Waals surface area (Å²) in [5.74, 6) is -2.32. The van der Waals surface area contributed by atoms with Crippen molar-refractivity contribution >= 4 is 53.9 Å². The second-order valence-corrected chi connectivity index (χ2v) is 11.8. The largest absolute Gasteiger partial charge is 0.548 e. The van der Waals surface area contributed by atoms with E-state index in [4.69, 9.17) is 0 Å². The molecule has 1 N–H and O–H groups in total. The molecule has 3 aromatic carbocycles. The van der Waals surface area contributed by atoms with Crippen molar-refractivity contribution in [1.29, 1.82) is 0 Å². The van der Waals surface area contributed by atoms with E-state index in [0.717, 1.165) is 23.1 Å². The molecule has 0 spiro atoms. The highest BCUT2D eigenvalue weighted by Gasteiger charge is 2.38. The highest BCUT2D eigenvalue weighted by Crippen LogP contribution is 2.43. The van der Waals surface area contributed by atoms with Gasteiger partial charge in [0.15, 0.2) is 16.6 Å². The van der Waals surface area contributed by atoms with Crippen LogP contribution in [0.4, 0.5) is 0 Å². The molecule has 0 radical (unpaired) electrons. The SMILES string of the molecule is O=C(O)C=[S+]C(CCCC(S)(S)C(=O)[O-])CCC(c1ccccc1)(c1ccccc1)c1ccccc1. The van der Waals surface area contributed by atoms with Crippen LogP contribution >= 0.6 is 25.3 Å². The summed E-state index contributed by atoms with van der Waals surface area (Å²) in [6, 6.07) is 31.1. The summed E-state index contributed by atoms with van der Waals surface area (Å²) in [7, 11) is 0. The van der Waals surface area contributed by atoms with Crippen LogP contribution in [0.3, 0.4) is 0 Å². The van der Waals surface area contributed by atoms with Crippen LogP contribution in [0.5, 0.6) is 0 Å². The first kappa shape index (κ1) is 28.0. The van der Waals surface area contributed by atoms with Gasteiger partial charge in [0.05, 0.1) is 10.0 Å². The minimum absolute atomic E-state index is 0.0316. The number of hydrogen-bond donors (Lipinski definition) is 3. The number of benzene rings is 3. The minimum atomic E-state index is -1.52. The van der Waals surface area contributed by atoms with Crippen molar-refractivity contribution in [3.05, 3.63) is 108 Å². The van der Waals surface area contributed by atoms with Gasteiger partial charge in [-0.15, -0.1) is 0 Å². The molecular weight excluding hydrogens is 509 g/mol. The summed E-state index contributed by atoms with van der Waals surface area (Å²) in [5, 5.41) is 21.7. The molecule has 0 aromatic heterocycles. The summed E-state index contributed by atoms with van der Waals surface area (Å²) < 4.78 is -1.52. The van der Waals surface area contributed by atoms with Gasteiger partial charge in [0.1, 0.15) is 0 Å². The maximum Gasteiger partial charge on any atom is 0.386 e. The molecule has 0 aliphatic heterocycles. The molecule has 0 aliphatic rings. The molecule has 0 saturated heterocycles. The molecule has 0 amide bonds. The summed E-state index contributed by atoms with van der Waals surface area (Å²) in [5.41, 5.74) is 3.05. The topological polar surface area (TPSA) is 77.4 Å². The van der Waals surface area contributed by atoms with Crippen LogP contribution in [0.15, 0.2) is 91.0 Å². The second-order valence-electron chi connectivity index (χ2n) is 8.75. The van der Waals surface area contributed by atoms with E-state index in [-0.39, 0.29) is 11.7 Å². The number of aliphatic carboxylic acids is 2. The standard InChI is InChI=1S/C29H30O4S3/c30-26(31)21-36-25(17-10-19-29(34,35)27(32)33)18-20-28(22-11-4-1-5-12-22,23-13-6-2-7-14-23)24-15-8-3-9-16-24/h1-9,11-16,21,25H,10,17-20H2,(H3-,30,31,32,33,34,35). The van der Waals surface area contributed by atoms with E-state index in [0.29, 0.717) is 19.3 Å². The lowest BCUT2D eigenvalue weighted by atomic mass is 9.66.